The summed E-state index contributed by atoms with van der Waals surface area (Å²) in [4.78, 5) is 53.0. The van der Waals surface area contributed by atoms with Crippen LogP contribution >= 0.6 is 15.9 Å². The minimum absolute atomic E-state index is 0.0238. The average Bonchev–Trinajstić information content (AvgIpc) is 3.67. The molecular formula is C38H34BrF3N8O3. The van der Waals surface area contributed by atoms with Gasteiger partial charge in [-0.05, 0) is 67.4 Å². The number of benzene rings is 3. The van der Waals surface area contributed by atoms with Gasteiger partial charge in [-0.2, -0.15) is 18.3 Å². The van der Waals surface area contributed by atoms with Gasteiger partial charge in [-0.25, -0.2) is 14.8 Å². The van der Waals surface area contributed by atoms with E-state index >= 15 is 0 Å². The molecule has 0 aliphatic carbocycles. The highest BCUT2D eigenvalue weighted by Gasteiger charge is 2.37. The maximum Gasteiger partial charge on any atom is 0.393 e. The fourth-order valence-electron chi connectivity index (χ4n) is 6.62. The Morgan fingerprint density at radius 2 is 1.79 bits per heavy atom. The lowest BCUT2D eigenvalue weighted by Gasteiger charge is -2.34. The van der Waals surface area contributed by atoms with E-state index in [9.17, 15) is 27.6 Å². The van der Waals surface area contributed by atoms with Crippen LogP contribution in [0.2, 0.25) is 0 Å². The van der Waals surface area contributed by atoms with Crippen molar-refractivity contribution in [1.29, 1.82) is 0 Å². The van der Waals surface area contributed by atoms with E-state index < -0.39 is 29.7 Å². The molecule has 3 aromatic heterocycles. The zero-order valence-corrected chi connectivity index (χ0v) is 30.5. The number of carbonyl (C=O) groups excluding carboxylic acids is 2. The molecule has 0 unspecified atom stereocenters. The number of fused-ring (bicyclic) bond motifs is 2. The van der Waals surface area contributed by atoms with E-state index in [1.165, 1.54) is 20.0 Å². The number of alkyl halides is 3. The Morgan fingerprint density at radius 1 is 1.04 bits per heavy atom. The number of rotatable bonds is 8. The standard InChI is InChI=1S/C38H34BrF3N8O3/c1-22-15-25(9-11-30(22)39)36(52)47-21-32-33(35(51)45-17-26-7-4-5-8-29(26)34-43-13-6-14-44-34)50(37(53)48(32)20-24(47)3)28-10-12-31-27(16-28)18-46-49(31)19-23(2)38(40,41)42/h4-16,18,23-24H,17,19-21H2,1-3H3,(H,45,51)/t23-,24-/m0/s1. The summed E-state index contributed by atoms with van der Waals surface area (Å²) in [5.74, 6) is -1.95. The predicted molar refractivity (Wildman–Crippen MR) is 195 cm³/mol. The summed E-state index contributed by atoms with van der Waals surface area (Å²) >= 11 is 3.48. The first kappa shape index (κ1) is 35.8. The number of aromatic nitrogens is 6. The molecule has 0 radical (unpaired) electrons. The molecule has 0 spiro atoms. The van der Waals surface area contributed by atoms with Gasteiger partial charge in [0.05, 0.1) is 42.1 Å². The van der Waals surface area contributed by atoms with Crippen LogP contribution in [0, 0.1) is 12.8 Å². The molecule has 3 aromatic carbocycles. The van der Waals surface area contributed by atoms with Crippen molar-refractivity contribution in [2.45, 2.75) is 59.2 Å². The predicted octanol–water partition coefficient (Wildman–Crippen LogP) is 6.69. The van der Waals surface area contributed by atoms with Crippen molar-refractivity contribution in [3.63, 3.8) is 0 Å². The van der Waals surface area contributed by atoms with Crippen LogP contribution in [0.15, 0.2) is 94.6 Å². The SMILES string of the molecule is Cc1cc(C(=O)N2Cc3c(C(=O)NCc4ccccc4-c4ncccn4)n(-c4ccc5c(cnn5C[C@H](C)C(F)(F)F)c4)c(=O)n3C[C@@H]2C)ccc1Br. The Labute approximate surface area is 310 Å². The topological polar surface area (TPSA) is 120 Å². The van der Waals surface area contributed by atoms with Crippen LogP contribution in [0.25, 0.3) is 28.0 Å². The van der Waals surface area contributed by atoms with Crippen molar-refractivity contribution >= 4 is 38.6 Å². The number of hydrogen-bond acceptors (Lipinski definition) is 6. The number of aryl methyl sites for hydroxylation is 1. The largest absolute Gasteiger partial charge is 0.393 e. The molecule has 53 heavy (non-hydrogen) atoms. The van der Waals surface area contributed by atoms with Gasteiger partial charge in [-0.15, -0.1) is 0 Å². The Balaban J connectivity index is 1.29. The molecule has 1 N–H and O–H groups in total. The molecule has 0 fully saturated rings. The fraction of sp³-hybridized carbons (Fsp3) is 0.263. The maximum absolute atomic E-state index is 14.4. The van der Waals surface area contributed by atoms with Gasteiger partial charge in [-0.1, -0.05) is 47.1 Å². The fourth-order valence-corrected chi connectivity index (χ4v) is 6.86. The van der Waals surface area contributed by atoms with Gasteiger partial charge in [0.1, 0.15) is 5.69 Å². The van der Waals surface area contributed by atoms with Crippen LogP contribution in [0.3, 0.4) is 0 Å². The molecule has 1 aliphatic rings. The Kier molecular flexibility index (Phi) is 9.53. The second-order valence-electron chi connectivity index (χ2n) is 13.2. The van der Waals surface area contributed by atoms with E-state index in [0.717, 1.165) is 28.1 Å². The minimum atomic E-state index is -4.39. The summed E-state index contributed by atoms with van der Waals surface area (Å²) in [5, 5.41) is 7.66. The van der Waals surface area contributed by atoms with Gasteiger partial charge in [-0.3, -0.25) is 23.4 Å². The summed E-state index contributed by atoms with van der Waals surface area (Å²) < 4.78 is 45.1. The van der Waals surface area contributed by atoms with Crippen molar-refractivity contribution in [2.24, 2.45) is 5.92 Å². The van der Waals surface area contributed by atoms with Crippen LogP contribution in [0.4, 0.5) is 13.2 Å². The summed E-state index contributed by atoms with van der Waals surface area (Å²) in [6.45, 7) is 4.63. The third-order valence-electron chi connectivity index (χ3n) is 9.58. The minimum Gasteiger partial charge on any atom is -0.347 e. The van der Waals surface area contributed by atoms with Gasteiger partial charge >= 0.3 is 11.9 Å². The van der Waals surface area contributed by atoms with Crippen LogP contribution in [-0.4, -0.2) is 57.8 Å². The quantitative estimate of drug-likeness (QED) is 0.184. The molecule has 2 atom stereocenters. The highest BCUT2D eigenvalue weighted by atomic mass is 79.9. The van der Waals surface area contributed by atoms with Gasteiger partial charge in [0.2, 0.25) is 0 Å². The van der Waals surface area contributed by atoms with Crippen molar-refractivity contribution in [3.05, 3.63) is 128 Å². The van der Waals surface area contributed by atoms with Crippen molar-refractivity contribution in [1.82, 2.24) is 39.1 Å². The molecule has 15 heteroatoms. The van der Waals surface area contributed by atoms with E-state index in [1.807, 2.05) is 44.2 Å². The maximum atomic E-state index is 14.4. The Hall–Kier alpha value is -5.57. The number of nitrogens with one attached hydrogen (secondary N) is 1. The summed E-state index contributed by atoms with van der Waals surface area (Å²) in [6, 6.07) is 18.8. The zero-order chi connectivity index (χ0) is 37.6. The smallest absolute Gasteiger partial charge is 0.347 e. The lowest BCUT2D eigenvalue weighted by Crippen LogP contribution is -2.47. The van der Waals surface area contributed by atoms with Crippen LogP contribution in [0.5, 0.6) is 0 Å². The molecule has 4 heterocycles. The monoisotopic (exact) mass is 786 g/mol. The number of imidazole rings is 1. The second-order valence-corrected chi connectivity index (χ2v) is 14.0. The van der Waals surface area contributed by atoms with E-state index in [0.29, 0.717) is 33.7 Å². The third-order valence-corrected chi connectivity index (χ3v) is 10.5. The van der Waals surface area contributed by atoms with E-state index in [4.69, 9.17) is 0 Å². The van der Waals surface area contributed by atoms with E-state index in [2.05, 4.69) is 36.3 Å². The molecule has 272 valence electrons. The first-order valence-electron chi connectivity index (χ1n) is 16.9. The lowest BCUT2D eigenvalue weighted by atomic mass is 10.1. The molecule has 0 bridgehead atoms. The van der Waals surface area contributed by atoms with Crippen LogP contribution < -0.4 is 11.0 Å². The molecule has 0 saturated heterocycles. The highest BCUT2D eigenvalue weighted by molar-refractivity contribution is 9.10. The number of carbonyl (C=O) groups is 2. The molecule has 6 aromatic rings. The average molecular weight is 788 g/mol. The van der Waals surface area contributed by atoms with Crippen LogP contribution in [0.1, 0.15) is 51.5 Å². The molecule has 7 rings (SSSR count). The molecule has 11 nitrogen and oxygen atoms in total. The first-order chi connectivity index (χ1) is 25.3. The number of hydrogen-bond donors (Lipinski definition) is 1. The molecular weight excluding hydrogens is 753 g/mol. The van der Waals surface area contributed by atoms with Gasteiger partial charge in [0, 0.05) is 52.5 Å². The Morgan fingerprint density at radius 3 is 2.53 bits per heavy atom. The van der Waals surface area contributed by atoms with Gasteiger partial charge < -0.3 is 10.2 Å². The Bertz CT molecular complexity index is 2420. The first-order valence-corrected chi connectivity index (χ1v) is 17.7. The second kappa shape index (κ2) is 14.1. The number of halogens is 4. The zero-order valence-electron chi connectivity index (χ0n) is 28.9. The lowest BCUT2D eigenvalue weighted by molar-refractivity contribution is -0.173. The molecule has 2 amide bonds. The number of amides is 2. The van der Waals surface area contributed by atoms with Gasteiger partial charge in [0.15, 0.2) is 5.82 Å². The summed E-state index contributed by atoms with van der Waals surface area (Å²) in [5.41, 5.74) is 3.50. The van der Waals surface area contributed by atoms with E-state index in [1.54, 1.807) is 53.7 Å². The van der Waals surface area contributed by atoms with E-state index in [-0.39, 0.29) is 37.8 Å². The van der Waals surface area contributed by atoms with Crippen molar-refractivity contribution < 1.29 is 22.8 Å². The van der Waals surface area contributed by atoms with Crippen molar-refractivity contribution in [3.8, 4) is 17.1 Å². The van der Waals surface area contributed by atoms with Crippen molar-refractivity contribution in [2.75, 3.05) is 0 Å². The molecule has 0 saturated carbocycles. The number of nitrogens with zero attached hydrogens (tertiary/aromatic N) is 7. The van der Waals surface area contributed by atoms with Gasteiger partial charge in [0.25, 0.3) is 11.8 Å². The molecule has 1 aliphatic heterocycles. The summed E-state index contributed by atoms with van der Waals surface area (Å²) in [7, 11) is 0. The highest BCUT2D eigenvalue weighted by Crippen LogP contribution is 2.30. The summed E-state index contributed by atoms with van der Waals surface area (Å²) in [6.07, 6.45) is 0.306. The normalized spacial score (nSPS) is 15.0. The van der Waals surface area contributed by atoms with Crippen LogP contribution in [-0.2, 0) is 26.2 Å². The third kappa shape index (κ3) is 6.88.